The van der Waals surface area contributed by atoms with Gasteiger partial charge in [-0.2, -0.15) is 5.10 Å². The Balaban J connectivity index is 1.98. The molecule has 5 nitrogen and oxygen atoms in total. The van der Waals surface area contributed by atoms with Crippen molar-refractivity contribution in [2.75, 3.05) is 6.54 Å². The lowest BCUT2D eigenvalue weighted by atomic mass is 10.3. The van der Waals surface area contributed by atoms with Crippen LogP contribution in [0.2, 0.25) is 0 Å². The summed E-state index contributed by atoms with van der Waals surface area (Å²) in [6.07, 6.45) is 4.68. The van der Waals surface area contributed by atoms with Gasteiger partial charge in [-0.05, 0) is 26.0 Å². The van der Waals surface area contributed by atoms with E-state index in [1.165, 1.54) is 0 Å². The maximum Gasteiger partial charge on any atom is 0.219 e. The molecule has 0 aliphatic heterocycles. The van der Waals surface area contributed by atoms with Gasteiger partial charge in [0.2, 0.25) is 5.88 Å². The Kier molecular flexibility index (Phi) is 4.92. The molecule has 1 N–H and O–H groups in total. The Hall–Kier alpha value is -1.88. The van der Waals surface area contributed by atoms with E-state index in [9.17, 15) is 0 Å². The lowest BCUT2D eigenvalue weighted by Gasteiger charge is -2.05. The SMILES string of the molecule is CCCNCc1cccc(Oc2cnn(CC)c2)n1. The lowest BCUT2D eigenvalue weighted by Crippen LogP contribution is -2.14. The van der Waals surface area contributed by atoms with Gasteiger partial charge in [0.05, 0.1) is 18.1 Å². The zero-order valence-corrected chi connectivity index (χ0v) is 11.5. The summed E-state index contributed by atoms with van der Waals surface area (Å²) in [7, 11) is 0. The quantitative estimate of drug-likeness (QED) is 0.777. The Morgan fingerprint density at radius 1 is 1.32 bits per heavy atom. The van der Waals surface area contributed by atoms with Gasteiger partial charge in [-0.1, -0.05) is 13.0 Å². The third-order valence-electron chi connectivity index (χ3n) is 2.67. The van der Waals surface area contributed by atoms with Crippen molar-refractivity contribution in [3.63, 3.8) is 0 Å². The third kappa shape index (κ3) is 4.06. The standard InChI is InChI=1S/C14H20N4O/c1-3-8-15-9-12-6-5-7-14(17-12)19-13-10-16-18(4-2)11-13/h5-7,10-11,15H,3-4,8-9H2,1-2H3. The van der Waals surface area contributed by atoms with Gasteiger partial charge in [-0.25, -0.2) is 4.98 Å². The molecule has 0 aromatic carbocycles. The fraction of sp³-hybridized carbons (Fsp3) is 0.429. The number of pyridine rings is 1. The highest BCUT2D eigenvalue weighted by molar-refractivity contribution is 5.23. The van der Waals surface area contributed by atoms with Gasteiger partial charge in [0, 0.05) is 19.2 Å². The summed E-state index contributed by atoms with van der Waals surface area (Å²) < 4.78 is 7.51. The van der Waals surface area contributed by atoms with Crippen LogP contribution < -0.4 is 10.1 Å². The van der Waals surface area contributed by atoms with Crippen molar-refractivity contribution in [3.05, 3.63) is 36.3 Å². The topological polar surface area (TPSA) is 52.0 Å². The molecule has 2 heterocycles. The Morgan fingerprint density at radius 2 is 2.21 bits per heavy atom. The van der Waals surface area contributed by atoms with Crippen molar-refractivity contribution in [2.45, 2.75) is 33.4 Å². The largest absolute Gasteiger partial charge is 0.436 e. The number of rotatable bonds is 7. The molecule has 0 aliphatic rings. The maximum absolute atomic E-state index is 5.69. The molecule has 0 spiro atoms. The van der Waals surface area contributed by atoms with E-state index in [1.54, 1.807) is 6.20 Å². The van der Waals surface area contributed by atoms with Crippen LogP contribution in [0.15, 0.2) is 30.6 Å². The van der Waals surface area contributed by atoms with E-state index in [-0.39, 0.29) is 0 Å². The van der Waals surface area contributed by atoms with Crippen LogP contribution in [0.5, 0.6) is 11.6 Å². The monoisotopic (exact) mass is 260 g/mol. The van der Waals surface area contributed by atoms with Crippen molar-refractivity contribution in [1.29, 1.82) is 0 Å². The van der Waals surface area contributed by atoms with Crippen LogP contribution in [0, 0.1) is 0 Å². The first kappa shape index (κ1) is 13.5. The van der Waals surface area contributed by atoms with E-state index in [2.05, 4.69) is 22.3 Å². The van der Waals surface area contributed by atoms with E-state index in [1.807, 2.05) is 36.0 Å². The van der Waals surface area contributed by atoms with E-state index in [0.29, 0.717) is 11.6 Å². The number of nitrogens with zero attached hydrogens (tertiary/aromatic N) is 3. The number of nitrogens with one attached hydrogen (secondary N) is 1. The number of aryl methyl sites for hydroxylation is 1. The summed E-state index contributed by atoms with van der Waals surface area (Å²) in [6, 6.07) is 5.80. The van der Waals surface area contributed by atoms with E-state index < -0.39 is 0 Å². The summed E-state index contributed by atoms with van der Waals surface area (Å²) in [5.74, 6) is 1.32. The van der Waals surface area contributed by atoms with Gasteiger partial charge >= 0.3 is 0 Å². The fourth-order valence-corrected chi connectivity index (χ4v) is 1.70. The predicted molar refractivity (Wildman–Crippen MR) is 74.2 cm³/mol. The molecular weight excluding hydrogens is 240 g/mol. The Bertz CT molecular complexity index is 510. The average Bonchev–Trinajstić information content (AvgIpc) is 2.87. The molecule has 0 amide bonds. The molecule has 0 aliphatic carbocycles. The average molecular weight is 260 g/mol. The summed E-state index contributed by atoms with van der Waals surface area (Å²) >= 11 is 0. The molecule has 0 saturated heterocycles. The fourth-order valence-electron chi connectivity index (χ4n) is 1.70. The summed E-state index contributed by atoms with van der Waals surface area (Å²) in [5.41, 5.74) is 0.980. The molecule has 2 aromatic rings. The zero-order chi connectivity index (χ0) is 13.5. The molecule has 0 unspecified atom stereocenters. The molecule has 0 bridgehead atoms. The normalized spacial score (nSPS) is 10.6. The minimum atomic E-state index is 0.603. The highest BCUT2D eigenvalue weighted by Gasteiger charge is 2.03. The number of hydrogen-bond donors (Lipinski definition) is 1. The minimum absolute atomic E-state index is 0.603. The molecule has 0 atom stereocenters. The molecule has 5 heteroatoms. The molecule has 102 valence electrons. The van der Waals surface area contributed by atoms with Crippen molar-refractivity contribution < 1.29 is 4.74 Å². The second kappa shape index (κ2) is 6.89. The van der Waals surface area contributed by atoms with E-state index >= 15 is 0 Å². The number of hydrogen-bond acceptors (Lipinski definition) is 4. The first-order chi connectivity index (χ1) is 9.31. The first-order valence-electron chi connectivity index (χ1n) is 6.68. The second-order valence-electron chi connectivity index (χ2n) is 4.28. The van der Waals surface area contributed by atoms with Crippen molar-refractivity contribution in [1.82, 2.24) is 20.1 Å². The van der Waals surface area contributed by atoms with Crippen LogP contribution in [-0.2, 0) is 13.1 Å². The molecule has 19 heavy (non-hydrogen) atoms. The van der Waals surface area contributed by atoms with E-state index in [0.717, 1.165) is 31.7 Å². The molecular formula is C14H20N4O. The van der Waals surface area contributed by atoms with Gasteiger partial charge in [-0.15, -0.1) is 0 Å². The third-order valence-corrected chi connectivity index (χ3v) is 2.67. The zero-order valence-electron chi connectivity index (χ0n) is 11.5. The first-order valence-corrected chi connectivity index (χ1v) is 6.68. The van der Waals surface area contributed by atoms with Crippen molar-refractivity contribution in [3.8, 4) is 11.6 Å². The van der Waals surface area contributed by atoms with Crippen LogP contribution in [0.25, 0.3) is 0 Å². The molecule has 0 fully saturated rings. The minimum Gasteiger partial charge on any atom is -0.436 e. The van der Waals surface area contributed by atoms with Crippen LogP contribution in [0.4, 0.5) is 0 Å². The summed E-state index contributed by atoms with van der Waals surface area (Å²) in [4.78, 5) is 4.45. The lowest BCUT2D eigenvalue weighted by molar-refractivity contribution is 0.458. The van der Waals surface area contributed by atoms with E-state index in [4.69, 9.17) is 4.74 Å². The van der Waals surface area contributed by atoms with Gasteiger partial charge in [0.15, 0.2) is 5.75 Å². The highest BCUT2D eigenvalue weighted by atomic mass is 16.5. The second-order valence-corrected chi connectivity index (χ2v) is 4.28. The van der Waals surface area contributed by atoms with Gasteiger partial charge in [-0.3, -0.25) is 4.68 Å². The van der Waals surface area contributed by atoms with Gasteiger partial charge < -0.3 is 10.1 Å². The highest BCUT2D eigenvalue weighted by Crippen LogP contribution is 2.18. The molecule has 0 radical (unpaired) electrons. The number of aromatic nitrogens is 3. The van der Waals surface area contributed by atoms with Crippen molar-refractivity contribution >= 4 is 0 Å². The van der Waals surface area contributed by atoms with Gasteiger partial charge in [0.25, 0.3) is 0 Å². The van der Waals surface area contributed by atoms with Crippen molar-refractivity contribution in [2.24, 2.45) is 0 Å². The van der Waals surface area contributed by atoms with Crippen LogP contribution in [-0.4, -0.2) is 21.3 Å². The molecule has 0 saturated carbocycles. The van der Waals surface area contributed by atoms with Crippen LogP contribution in [0.1, 0.15) is 26.0 Å². The predicted octanol–water partition coefficient (Wildman–Crippen LogP) is 2.59. The Morgan fingerprint density at radius 3 is 2.95 bits per heavy atom. The number of ether oxygens (including phenoxy) is 1. The maximum atomic E-state index is 5.69. The smallest absolute Gasteiger partial charge is 0.219 e. The Labute approximate surface area is 113 Å². The van der Waals surface area contributed by atoms with Gasteiger partial charge in [0.1, 0.15) is 0 Å². The van der Waals surface area contributed by atoms with Crippen LogP contribution >= 0.6 is 0 Å². The summed E-state index contributed by atoms with van der Waals surface area (Å²) in [5, 5.41) is 7.49. The van der Waals surface area contributed by atoms with Crippen LogP contribution in [0.3, 0.4) is 0 Å². The molecule has 2 rings (SSSR count). The summed E-state index contributed by atoms with van der Waals surface area (Å²) in [6.45, 7) is 6.77. The molecule has 2 aromatic heterocycles.